The molecule has 2 heterocycles. The summed E-state index contributed by atoms with van der Waals surface area (Å²) in [5.41, 5.74) is 7.62. The molecule has 0 saturated heterocycles. The molecule has 3 radical (unpaired) electrons. The summed E-state index contributed by atoms with van der Waals surface area (Å²) in [6.07, 6.45) is 9.84. The molecule has 0 bridgehead atoms. The first-order chi connectivity index (χ1) is 42.8. The second kappa shape index (κ2) is 37.7. The number of thiophene rings is 2. The molecule has 2 fully saturated rings. The Morgan fingerprint density at radius 3 is 1.95 bits per heavy atom. The zero-order valence-corrected chi connectivity index (χ0v) is 63.8. The minimum Gasteiger partial charge on any atom is -0.392 e. The Bertz CT molecular complexity index is 3660. The van der Waals surface area contributed by atoms with E-state index in [1.54, 1.807) is 28.7 Å². The molecule has 0 amide bonds. The van der Waals surface area contributed by atoms with Crippen LogP contribution >= 0.6 is 45.9 Å². The zero-order valence-electron chi connectivity index (χ0n) is 52.2. The first-order valence-electron chi connectivity index (χ1n) is 31.4. The van der Waals surface area contributed by atoms with E-state index in [4.69, 9.17) is 27.9 Å². The molecule has 91 heavy (non-hydrogen) atoms. The predicted octanol–water partition coefficient (Wildman–Crippen LogP) is 18.3. The fraction of sp³-hybridized carbons (Fsp3) is 0.359. The van der Waals surface area contributed by atoms with Gasteiger partial charge in [0, 0.05) is 133 Å². The summed E-state index contributed by atoms with van der Waals surface area (Å²) >= 11 is 16.0. The number of carbonyl (C=O) groups is 2. The Kier molecular flexibility index (Phi) is 31.3. The van der Waals surface area contributed by atoms with E-state index in [0.29, 0.717) is 24.7 Å². The number of hydrogen-bond donors (Lipinski definition) is 2. The summed E-state index contributed by atoms with van der Waals surface area (Å²) in [4.78, 5) is 27.4. The Balaban J connectivity index is 0.000000191. The minimum atomic E-state index is -1.33. The normalized spacial score (nSPS) is 21.8. The van der Waals surface area contributed by atoms with Crippen LogP contribution in [0.5, 0.6) is 0 Å². The van der Waals surface area contributed by atoms with E-state index >= 15 is 0 Å². The quantitative estimate of drug-likeness (QED) is 0.0492. The Hall–Kier alpha value is -2.76. The van der Waals surface area contributed by atoms with E-state index in [2.05, 4.69) is 170 Å². The number of aryl methyl sites for hydroxylation is 5. The van der Waals surface area contributed by atoms with Crippen LogP contribution in [0.2, 0.25) is 0 Å². The van der Waals surface area contributed by atoms with E-state index in [1.165, 1.54) is 59.8 Å². The molecule has 467 valence electrons. The molecule has 2 saturated carbocycles. The largest absolute Gasteiger partial charge is 0.392 e. The Morgan fingerprint density at radius 2 is 1.22 bits per heavy atom. The molecule has 0 aliphatic heterocycles. The van der Waals surface area contributed by atoms with Crippen molar-refractivity contribution in [1.82, 2.24) is 0 Å². The maximum atomic E-state index is 14.5. The fourth-order valence-electron chi connectivity index (χ4n) is 13.6. The van der Waals surface area contributed by atoms with Crippen LogP contribution in [0, 0.1) is 52.3 Å². The van der Waals surface area contributed by atoms with Crippen LogP contribution < -0.4 is 0 Å². The van der Waals surface area contributed by atoms with Crippen LogP contribution in [0.3, 0.4) is 0 Å². The van der Waals surface area contributed by atoms with Crippen molar-refractivity contribution in [3.05, 3.63) is 259 Å². The second-order valence-electron chi connectivity index (χ2n) is 24.7. The second-order valence-corrected chi connectivity index (χ2v) is 27.6. The minimum absolute atomic E-state index is 0. The van der Waals surface area contributed by atoms with Gasteiger partial charge in [0.25, 0.3) is 0 Å². The van der Waals surface area contributed by atoms with Crippen LogP contribution in [0.4, 0.5) is 4.39 Å². The SMILES string of the molecule is CC(C)(c1ccccc1)c1ccc(CC[C@H]2C(Cl)=CC(=O)[C@@H]2COCc2cc[c-]s2)cc1.O=C1CC(O)[C@H](CCCc2c[c-]ccc2)[C@H]1CCc1cccc2ccccc12.OC1C(F)C(Cl)[C@H](CCc2ccc3ccccc3c2)[C@H]1CCCc1cc[c-]s1.[Y].[Y].[Y]. The summed E-state index contributed by atoms with van der Waals surface area (Å²) in [5, 5.41) is 32.1. The summed E-state index contributed by atoms with van der Waals surface area (Å²) in [5.74, 6) is 0.173. The van der Waals surface area contributed by atoms with Crippen LogP contribution in [-0.4, -0.2) is 52.1 Å². The monoisotopic (exact) mass is 1520 g/mol. The molecule has 13 heteroatoms. The molecule has 0 spiro atoms. The van der Waals surface area contributed by atoms with Crippen molar-refractivity contribution in [3.63, 3.8) is 0 Å². The number of fused-ring (bicyclic) bond motifs is 2. The van der Waals surface area contributed by atoms with E-state index in [0.717, 1.165) is 81.9 Å². The van der Waals surface area contributed by atoms with E-state index in [-0.39, 0.29) is 151 Å². The van der Waals surface area contributed by atoms with Gasteiger partial charge in [-0.2, -0.15) is 54.1 Å². The van der Waals surface area contributed by atoms with Crippen molar-refractivity contribution in [1.29, 1.82) is 0 Å². The number of aliphatic hydroxyl groups excluding tert-OH is 2. The van der Waals surface area contributed by atoms with Gasteiger partial charge in [-0.1, -0.05) is 191 Å². The van der Waals surface area contributed by atoms with E-state index in [9.17, 15) is 24.2 Å². The predicted molar refractivity (Wildman–Crippen MR) is 361 cm³/mol. The maximum Gasteiger partial charge on any atom is 0.162 e. The number of carbonyl (C=O) groups excluding carboxylic acids is 2. The van der Waals surface area contributed by atoms with Gasteiger partial charge in [-0.05, 0) is 125 Å². The number of rotatable bonds is 23. The van der Waals surface area contributed by atoms with Crippen molar-refractivity contribution in [3.8, 4) is 0 Å². The smallest absolute Gasteiger partial charge is 0.162 e. The molecular formula is C78H80Cl2FO5S2Y3-3. The summed E-state index contributed by atoms with van der Waals surface area (Å²) < 4.78 is 20.3. The number of Topliss-reactive ketones (excluding diaryl/α,β-unsaturated/α-hetero) is 1. The van der Waals surface area contributed by atoms with Gasteiger partial charge in [0.15, 0.2) is 5.78 Å². The van der Waals surface area contributed by atoms with E-state index < -0.39 is 23.8 Å². The standard InChI is InChI=1S/C28H28ClO2S.C26H27O2.C24H25ClFOS.3Y/c1-28(2,21-7-4-3-5-8-21)22-13-10-20(11-14-22)12-15-24-25(27(30)17-26(24)29)19-31-18-23-9-6-16-32-23;27-25-18-26(28)24(23(25)15-6-10-19-8-2-1-3-9-19)17-16-21-13-7-12-20-11-4-5-14-22(20)21;25-22-20(13-11-16-10-12-17-5-1-2-6-18(17)15-16)21(24(27)23(22)26)9-3-7-19-8-4-14-28-19;;;/h3-11,13-14,17,24-25H,12,15,18-19H2,1-2H3;1-2,4-5,7-9,11-14,23-25,27H,6,10,15-18H2;1-2,4-6,8,10,12,15,20-24,27H,3,7,9,11,13H2;;;/q3*-1;;;/t24-,25-;23-,24-,25?;20-,21-,22?,23?,24?;;;/m111.../s1. The average molecular weight is 1520 g/mol. The zero-order chi connectivity index (χ0) is 61.4. The third-order valence-electron chi connectivity index (χ3n) is 18.8. The molecule has 2 aromatic heterocycles. The average Bonchev–Trinajstić information content (AvgIpc) is 1.91. The molecule has 4 unspecified atom stereocenters. The topological polar surface area (TPSA) is 83.8 Å². The van der Waals surface area contributed by atoms with E-state index in [1.807, 2.05) is 48.5 Å². The van der Waals surface area contributed by atoms with Crippen molar-refractivity contribution >= 4 is 79.0 Å². The van der Waals surface area contributed by atoms with Crippen LogP contribution in [0.15, 0.2) is 199 Å². The third-order valence-corrected chi connectivity index (χ3v) is 21.4. The van der Waals surface area contributed by atoms with Gasteiger partial charge in [-0.3, -0.25) is 20.9 Å². The summed E-state index contributed by atoms with van der Waals surface area (Å²) in [7, 11) is 0. The maximum absolute atomic E-state index is 14.5. The number of ether oxygens (including phenoxy) is 1. The number of allylic oxidation sites excluding steroid dienone is 2. The van der Waals surface area contributed by atoms with Crippen LogP contribution in [0.25, 0.3) is 21.5 Å². The number of aliphatic hydroxyl groups is 2. The molecule has 9 aromatic rings. The van der Waals surface area contributed by atoms with Gasteiger partial charge in [-0.25, -0.2) is 10.5 Å². The van der Waals surface area contributed by atoms with Gasteiger partial charge >= 0.3 is 0 Å². The van der Waals surface area contributed by atoms with Gasteiger partial charge in [0.1, 0.15) is 12.0 Å². The van der Waals surface area contributed by atoms with Crippen molar-refractivity contribution in [2.75, 3.05) is 6.61 Å². The summed E-state index contributed by atoms with van der Waals surface area (Å²) in [6, 6.07) is 68.1. The van der Waals surface area contributed by atoms with Crippen molar-refractivity contribution in [2.45, 2.75) is 133 Å². The summed E-state index contributed by atoms with van der Waals surface area (Å²) in [6.45, 7) is 5.43. The number of halogens is 3. The molecule has 3 aliphatic carbocycles. The van der Waals surface area contributed by atoms with Gasteiger partial charge < -0.3 is 26.3 Å². The van der Waals surface area contributed by atoms with Crippen molar-refractivity contribution in [2.24, 2.45) is 35.5 Å². The molecule has 5 nitrogen and oxygen atoms in total. The Labute approximate surface area is 632 Å². The molecular weight excluding hydrogens is 1440 g/mol. The van der Waals surface area contributed by atoms with Crippen LogP contribution in [0.1, 0.15) is 108 Å². The molecule has 12 rings (SSSR count). The number of benzene rings is 7. The van der Waals surface area contributed by atoms with Crippen LogP contribution in [-0.2, 0) is 157 Å². The number of alkyl halides is 2. The first-order valence-corrected chi connectivity index (χ1v) is 33.8. The van der Waals surface area contributed by atoms with Gasteiger partial charge in [0.2, 0.25) is 0 Å². The Morgan fingerprint density at radius 1 is 0.582 bits per heavy atom. The third kappa shape index (κ3) is 20.6. The molecule has 2 N–H and O–H groups in total. The molecule has 10 atom stereocenters. The van der Waals surface area contributed by atoms with Crippen molar-refractivity contribution < 1.29 is 127 Å². The number of hydrogen-bond acceptors (Lipinski definition) is 7. The van der Waals surface area contributed by atoms with Gasteiger partial charge in [0.05, 0.1) is 30.1 Å². The molecule has 3 aliphatic rings. The van der Waals surface area contributed by atoms with Gasteiger partial charge in [-0.15, -0.1) is 32.1 Å². The number of ketones is 2. The fourth-order valence-corrected chi connectivity index (χ4v) is 15.7. The first kappa shape index (κ1) is 75.6. The molecule has 7 aromatic carbocycles.